The molecular weight excluding hydrogens is 212 g/mol. The molecule has 0 aromatic rings. The van der Waals surface area contributed by atoms with Crippen LogP contribution >= 0.6 is 0 Å². The van der Waals surface area contributed by atoms with Gasteiger partial charge in [0, 0.05) is 6.92 Å². The Kier molecular flexibility index (Phi) is 9.50. The van der Waals surface area contributed by atoms with Crippen LogP contribution in [0.3, 0.4) is 0 Å². The Morgan fingerprint density at radius 1 is 1.18 bits per heavy atom. The Balaban J connectivity index is 3.81. The number of carbonyl (C=O) groups excluding carboxylic acids is 1. The van der Waals surface area contributed by atoms with Crippen molar-refractivity contribution in [3.63, 3.8) is 0 Å². The second kappa shape index (κ2) is 10.1. The van der Waals surface area contributed by atoms with Gasteiger partial charge < -0.3 is 4.74 Å². The van der Waals surface area contributed by atoms with E-state index in [1.807, 2.05) is 13.0 Å². The molecule has 17 heavy (non-hydrogen) atoms. The molecule has 0 bridgehead atoms. The summed E-state index contributed by atoms with van der Waals surface area (Å²) >= 11 is 0. The zero-order chi connectivity index (χ0) is 13.1. The monoisotopic (exact) mass is 238 g/mol. The van der Waals surface area contributed by atoms with Gasteiger partial charge in [0.05, 0.1) is 0 Å². The minimum absolute atomic E-state index is 0.0805. The number of rotatable bonds is 8. The predicted octanol–water partition coefficient (Wildman–Crippen LogP) is 4.27. The normalized spacial score (nSPS) is 13.7. The summed E-state index contributed by atoms with van der Waals surface area (Å²) in [6.07, 6.45) is 13.0. The largest absolute Gasteiger partial charge is 0.458 e. The standard InChI is InChI=1S/C15H26O2/c1-5-6-7-8-9-10-11-12-15(13(2)3)17-14(4)16/h5-6,11-13,15H,7-10H2,1-4H3/b6-5+,12-11+. The molecule has 0 aromatic carbocycles. The highest BCUT2D eigenvalue weighted by molar-refractivity contribution is 5.66. The zero-order valence-electron chi connectivity index (χ0n) is 11.6. The van der Waals surface area contributed by atoms with E-state index in [9.17, 15) is 4.79 Å². The van der Waals surface area contributed by atoms with Gasteiger partial charge in [-0.1, -0.05) is 32.1 Å². The smallest absolute Gasteiger partial charge is 0.303 e. The molecule has 98 valence electrons. The average Bonchev–Trinajstić information content (AvgIpc) is 2.25. The maximum Gasteiger partial charge on any atom is 0.303 e. The van der Waals surface area contributed by atoms with E-state index in [1.54, 1.807) is 0 Å². The molecule has 0 saturated carbocycles. The van der Waals surface area contributed by atoms with Crippen molar-refractivity contribution in [1.29, 1.82) is 0 Å². The third-order valence-corrected chi connectivity index (χ3v) is 2.51. The number of esters is 1. The van der Waals surface area contributed by atoms with Gasteiger partial charge in [0.1, 0.15) is 6.10 Å². The van der Waals surface area contributed by atoms with Gasteiger partial charge in [-0.05, 0) is 44.6 Å². The first-order valence-corrected chi connectivity index (χ1v) is 6.53. The molecule has 2 nitrogen and oxygen atoms in total. The van der Waals surface area contributed by atoms with E-state index in [-0.39, 0.29) is 12.1 Å². The Morgan fingerprint density at radius 2 is 1.76 bits per heavy atom. The molecule has 0 aliphatic carbocycles. The van der Waals surface area contributed by atoms with Gasteiger partial charge in [0.15, 0.2) is 0 Å². The summed E-state index contributed by atoms with van der Waals surface area (Å²) < 4.78 is 5.22. The molecule has 2 heteroatoms. The summed E-state index contributed by atoms with van der Waals surface area (Å²) in [5.74, 6) is 0.125. The number of ether oxygens (including phenoxy) is 1. The van der Waals surface area contributed by atoms with E-state index in [4.69, 9.17) is 4.74 Å². The lowest BCUT2D eigenvalue weighted by molar-refractivity contribution is -0.145. The van der Waals surface area contributed by atoms with Crippen molar-refractivity contribution in [3.8, 4) is 0 Å². The highest BCUT2D eigenvalue weighted by Gasteiger charge is 2.11. The highest BCUT2D eigenvalue weighted by Crippen LogP contribution is 2.10. The zero-order valence-corrected chi connectivity index (χ0v) is 11.6. The van der Waals surface area contributed by atoms with Crippen LogP contribution in [0.5, 0.6) is 0 Å². The molecule has 0 saturated heterocycles. The van der Waals surface area contributed by atoms with Gasteiger partial charge in [-0.3, -0.25) is 4.79 Å². The van der Waals surface area contributed by atoms with E-state index in [1.165, 1.54) is 19.8 Å². The molecule has 0 spiro atoms. The second-order valence-electron chi connectivity index (χ2n) is 4.60. The van der Waals surface area contributed by atoms with Gasteiger partial charge in [0.2, 0.25) is 0 Å². The molecule has 0 amide bonds. The van der Waals surface area contributed by atoms with E-state index in [0.717, 1.165) is 12.8 Å². The minimum atomic E-state index is -0.207. The molecule has 1 unspecified atom stereocenters. The van der Waals surface area contributed by atoms with Crippen molar-refractivity contribution in [2.24, 2.45) is 5.92 Å². The van der Waals surface area contributed by atoms with Crippen molar-refractivity contribution in [3.05, 3.63) is 24.3 Å². The van der Waals surface area contributed by atoms with Crippen molar-refractivity contribution in [1.82, 2.24) is 0 Å². The fraction of sp³-hybridized carbons (Fsp3) is 0.667. The van der Waals surface area contributed by atoms with Crippen molar-refractivity contribution >= 4 is 5.97 Å². The van der Waals surface area contributed by atoms with E-state index < -0.39 is 0 Å². The predicted molar refractivity (Wildman–Crippen MR) is 72.8 cm³/mol. The molecule has 0 aliphatic heterocycles. The minimum Gasteiger partial charge on any atom is -0.458 e. The molecule has 0 aromatic heterocycles. The lowest BCUT2D eigenvalue weighted by Crippen LogP contribution is -2.19. The van der Waals surface area contributed by atoms with Crippen molar-refractivity contribution in [2.75, 3.05) is 0 Å². The van der Waals surface area contributed by atoms with Crippen LogP contribution in [0.1, 0.15) is 53.4 Å². The number of carbonyl (C=O) groups is 1. The molecule has 1 atom stereocenters. The number of unbranched alkanes of at least 4 members (excludes halogenated alkanes) is 3. The molecule has 0 rings (SSSR count). The molecule has 0 aliphatic rings. The summed E-state index contributed by atoms with van der Waals surface area (Å²) in [6.45, 7) is 7.63. The third-order valence-electron chi connectivity index (χ3n) is 2.51. The summed E-state index contributed by atoms with van der Waals surface area (Å²) in [6, 6.07) is 0. The quantitative estimate of drug-likeness (QED) is 0.358. The first kappa shape index (κ1) is 16.0. The van der Waals surface area contributed by atoms with Crippen molar-refractivity contribution < 1.29 is 9.53 Å². The lowest BCUT2D eigenvalue weighted by atomic mass is 10.1. The van der Waals surface area contributed by atoms with Crippen LogP contribution in [0.4, 0.5) is 0 Å². The summed E-state index contributed by atoms with van der Waals surface area (Å²) in [5.41, 5.74) is 0. The summed E-state index contributed by atoms with van der Waals surface area (Å²) in [7, 11) is 0. The average molecular weight is 238 g/mol. The SMILES string of the molecule is C/C=C/CCCC/C=C/C(OC(C)=O)C(C)C. The van der Waals surface area contributed by atoms with Gasteiger partial charge in [-0.15, -0.1) is 0 Å². The van der Waals surface area contributed by atoms with E-state index in [0.29, 0.717) is 5.92 Å². The van der Waals surface area contributed by atoms with Gasteiger partial charge in [-0.25, -0.2) is 0 Å². The van der Waals surface area contributed by atoms with Gasteiger partial charge in [-0.2, -0.15) is 0 Å². The highest BCUT2D eigenvalue weighted by atomic mass is 16.5. The Morgan fingerprint density at radius 3 is 2.24 bits per heavy atom. The van der Waals surface area contributed by atoms with Crippen LogP contribution in [-0.4, -0.2) is 12.1 Å². The number of hydrogen-bond acceptors (Lipinski definition) is 2. The molecule has 0 heterocycles. The van der Waals surface area contributed by atoms with Crippen LogP contribution in [0, 0.1) is 5.92 Å². The Hall–Kier alpha value is -1.05. The topological polar surface area (TPSA) is 26.3 Å². The number of allylic oxidation sites excluding steroid dienone is 3. The maximum atomic E-state index is 10.9. The number of hydrogen-bond donors (Lipinski definition) is 0. The van der Waals surface area contributed by atoms with Crippen molar-refractivity contribution in [2.45, 2.75) is 59.5 Å². The first-order chi connectivity index (χ1) is 8.07. The molecule has 0 radical (unpaired) electrons. The third kappa shape index (κ3) is 9.86. The van der Waals surface area contributed by atoms with Crippen LogP contribution < -0.4 is 0 Å². The molecular formula is C15H26O2. The fourth-order valence-electron chi connectivity index (χ4n) is 1.51. The molecule has 0 N–H and O–H groups in total. The first-order valence-electron chi connectivity index (χ1n) is 6.53. The van der Waals surface area contributed by atoms with Crippen LogP contribution in [-0.2, 0) is 9.53 Å². The van der Waals surface area contributed by atoms with E-state index >= 15 is 0 Å². The second-order valence-corrected chi connectivity index (χ2v) is 4.60. The van der Waals surface area contributed by atoms with Crippen LogP contribution in [0.2, 0.25) is 0 Å². The lowest BCUT2D eigenvalue weighted by Gasteiger charge is -2.16. The Bertz CT molecular complexity index is 252. The summed E-state index contributed by atoms with van der Waals surface area (Å²) in [4.78, 5) is 10.9. The Labute approximate surface area is 106 Å². The fourth-order valence-corrected chi connectivity index (χ4v) is 1.51. The van der Waals surface area contributed by atoms with Crippen LogP contribution in [0.15, 0.2) is 24.3 Å². The van der Waals surface area contributed by atoms with Crippen LogP contribution in [0.25, 0.3) is 0 Å². The van der Waals surface area contributed by atoms with Gasteiger partial charge in [0.25, 0.3) is 0 Å². The molecule has 0 fully saturated rings. The maximum absolute atomic E-state index is 10.9. The summed E-state index contributed by atoms with van der Waals surface area (Å²) in [5, 5.41) is 0. The van der Waals surface area contributed by atoms with E-state index in [2.05, 4.69) is 32.1 Å². The van der Waals surface area contributed by atoms with Gasteiger partial charge >= 0.3 is 5.97 Å².